The van der Waals surface area contributed by atoms with Crippen molar-refractivity contribution in [2.24, 2.45) is 0 Å². The van der Waals surface area contributed by atoms with E-state index in [1.165, 1.54) is 0 Å². The number of nitrogens with zero attached hydrogens (tertiary/aromatic N) is 4. The van der Waals surface area contributed by atoms with E-state index in [0.717, 1.165) is 5.69 Å². The zero-order valence-electron chi connectivity index (χ0n) is 12.4. The number of fused-ring (bicyclic) bond motifs is 1. The van der Waals surface area contributed by atoms with Gasteiger partial charge in [0, 0.05) is 25.9 Å². The Labute approximate surface area is 127 Å². The average molecular weight is 303 g/mol. The average Bonchev–Trinajstić information content (AvgIpc) is 3.14. The molecule has 1 aliphatic heterocycles. The van der Waals surface area contributed by atoms with Crippen LogP contribution in [0.15, 0.2) is 22.9 Å². The maximum absolute atomic E-state index is 12.5. The molecule has 116 valence electrons. The van der Waals surface area contributed by atoms with Crippen molar-refractivity contribution >= 4 is 11.8 Å². The Kier molecular flexibility index (Phi) is 3.66. The number of aromatic nitrogens is 3. The van der Waals surface area contributed by atoms with E-state index in [2.05, 4.69) is 15.6 Å². The molecule has 3 rings (SSSR count). The van der Waals surface area contributed by atoms with Crippen molar-refractivity contribution in [2.75, 3.05) is 13.6 Å². The molecule has 8 heteroatoms. The highest BCUT2D eigenvalue weighted by Crippen LogP contribution is 2.24. The molecule has 1 aliphatic rings. The topological polar surface area (TPSA) is 93.3 Å². The summed E-state index contributed by atoms with van der Waals surface area (Å²) >= 11 is 0. The van der Waals surface area contributed by atoms with Crippen molar-refractivity contribution in [3.8, 4) is 0 Å². The Morgan fingerprint density at radius 1 is 1.50 bits per heavy atom. The van der Waals surface area contributed by atoms with E-state index in [0.29, 0.717) is 18.8 Å². The van der Waals surface area contributed by atoms with E-state index in [9.17, 15) is 9.59 Å². The summed E-state index contributed by atoms with van der Waals surface area (Å²) in [6.07, 6.45) is 1.95. The quantitative estimate of drug-likeness (QED) is 0.892. The first-order valence-electron chi connectivity index (χ1n) is 7.04. The van der Waals surface area contributed by atoms with Crippen LogP contribution in [0.3, 0.4) is 0 Å². The summed E-state index contributed by atoms with van der Waals surface area (Å²) in [5.41, 5.74) is 1.18. The molecule has 1 N–H and O–H groups in total. The summed E-state index contributed by atoms with van der Waals surface area (Å²) in [6, 6.07) is 3.28. The van der Waals surface area contributed by atoms with Crippen LogP contribution in [0.1, 0.15) is 34.4 Å². The van der Waals surface area contributed by atoms with Gasteiger partial charge in [-0.05, 0) is 13.0 Å². The van der Waals surface area contributed by atoms with Crippen LogP contribution in [0, 0.1) is 6.92 Å². The lowest BCUT2D eigenvalue weighted by molar-refractivity contribution is -0.121. The number of nitrogens with one attached hydrogen (secondary N) is 1. The van der Waals surface area contributed by atoms with Gasteiger partial charge in [-0.1, -0.05) is 5.16 Å². The van der Waals surface area contributed by atoms with Gasteiger partial charge in [-0.25, -0.2) is 0 Å². The number of aryl methyl sites for hydroxylation is 1. The van der Waals surface area contributed by atoms with Gasteiger partial charge >= 0.3 is 0 Å². The molecule has 0 bridgehead atoms. The van der Waals surface area contributed by atoms with Gasteiger partial charge in [0.1, 0.15) is 5.76 Å². The van der Waals surface area contributed by atoms with Crippen molar-refractivity contribution in [3.05, 3.63) is 35.5 Å². The molecule has 0 saturated carbocycles. The van der Waals surface area contributed by atoms with Crippen LogP contribution in [0.5, 0.6) is 0 Å². The molecule has 1 atom stereocenters. The number of amides is 2. The number of hydrogen-bond acceptors (Lipinski definition) is 5. The number of hydrogen-bond donors (Lipinski definition) is 1. The van der Waals surface area contributed by atoms with Crippen LogP contribution < -0.4 is 5.32 Å². The molecular weight excluding hydrogens is 286 g/mol. The minimum absolute atomic E-state index is 0.0852. The molecule has 0 aliphatic carbocycles. The Bertz CT molecular complexity index is 705. The summed E-state index contributed by atoms with van der Waals surface area (Å²) in [4.78, 5) is 25.9. The van der Waals surface area contributed by atoms with Crippen molar-refractivity contribution in [1.29, 1.82) is 0 Å². The first kappa shape index (κ1) is 14.3. The van der Waals surface area contributed by atoms with Crippen LogP contribution in [0.2, 0.25) is 0 Å². The molecule has 2 aromatic rings. The minimum atomic E-state index is -0.203. The first-order valence-corrected chi connectivity index (χ1v) is 7.04. The van der Waals surface area contributed by atoms with Crippen molar-refractivity contribution in [3.63, 3.8) is 0 Å². The molecule has 1 unspecified atom stereocenters. The summed E-state index contributed by atoms with van der Waals surface area (Å²) in [5, 5.41) is 10.6. The van der Waals surface area contributed by atoms with Gasteiger partial charge in [-0.2, -0.15) is 5.10 Å². The fraction of sp³-hybridized carbons (Fsp3) is 0.429. The third-order valence-electron chi connectivity index (χ3n) is 3.72. The minimum Gasteiger partial charge on any atom is -0.361 e. The summed E-state index contributed by atoms with van der Waals surface area (Å²) in [6.45, 7) is 2.59. The normalized spacial score (nSPS) is 17.2. The van der Waals surface area contributed by atoms with Crippen LogP contribution in [0.4, 0.5) is 0 Å². The number of rotatable bonds is 3. The highest BCUT2D eigenvalue weighted by molar-refractivity contribution is 5.92. The van der Waals surface area contributed by atoms with E-state index < -0.39 is 0 Å². The second-order valence-electron chi connectivity index (χ2n) is 5.31. The predicted octanol–water partition coefficient (Wildman–Crippen LogP) is 0.513. The van der Waals surface area contributed by atoms with E-state index in [-0.39, 0.29) is 30.0 Å². The maximum Gasteiger partial charge on any atom is 0.276 e. The first-order chi connectivity index (χ1) is 10.6. The van der Waals surface area contributed by atoms with Gasteiger partial charge in [-0.15, -0.1) is 0 Å². The maximum atomic E-state index is 12.5. The number of carbonyl (C=O) groups is 2. The molecule has 0 fully saturated rings. The summed E-state index contributed by atoms with van der Waals surface area (Å²) < 4.78 is 6.77. The van der Waals surface area contributed by atoms with Crippen molar-refractivity contribution in [1.82, 2.24) is 25.2 Å². The van der Waals surface area contributed by atoms with Gasteiger partial charge in [0.15, 0.2) is 5.69 Å². The summed E-state index contributed by atoms with van der Waals surface area (Å²) in [7, 11) is 1.59. The van der Waals surface area contributed by atoms with Crippen molar-refractivity contribution < 1.29 is 14.1 Å². The van der Waals surface area contributed by atoms with Gasteiger partial charge in [0.05, 0.1) is 24.7 Å². The smallest absolute Gasteiger partial charge is 0.276 e. The molecule has 0 saturated heterocycles. The van der Waals surface area contributed by atoms with E-state index in [4.69, 9.17) is 4.52 Å². The van der Waals surface area contributed by atoms with Gasteiger partial charge in [-0.3, -0.25) is 14.3 Å². The van der Waals surface area contributed by atoms with E-state index in [1.54, 1.807) is 31.1 Å². The molecule has 0 aromatic carbocycles. The zero-order valence-corrected chi connectivity index (χ0v) is 12.4. The van der Waals surface area contributed by atoms with Gasteiger partial charge in [0.25, 0.3) is 5.91 Å². The van der Waals surface area contributed by atoms with Crippen LogP contribution >= 0.6 is 0 Å². The van der Waals surface area contributed by atoms with Crippen molar-refractivity contribution in [2.45, 2.75) is 25.9 Å². The molecule has 22 heavy (non-hydrogen) atoms. The van der Waals surface area contributed by atoms with Crippen LogP contribution in [-0.2, 0) is 11.3 Å². The summed E-state index contributed by atoms with van der Waals surface area (Å²) in [5.74, 6) is 0.302. The molecular formula is C14H17N5O3. The highest BCUT2D eigenvalue weighted by Gasteiger charge is 2.31. The van der Waals surface area contributed by atoms with Crippen LogP contribution in [-0.4, -0.2) is 45.2 Å². The monoisotopic (exact) mass is 303 g/mol. The van der Waals surface area contributed by atoms with E-state index in [1.807, 2.05) is 10.7 Å². The van der Waals surface area contributed by atoms with Gasteiger partial charge < -0.3 is 14.7 Å². The molecule has 3 heterocycles. The largest absolute Gasteiger partial charge is 0.361 e. The third-order valence-corrected chi connectivity index (χ3v) is 3.72. The second-order valence-corrected chi connectivity index (χ2v) is 5.31. The van der Waals surface area contributed by atoms with Crippen LogP contribution in [0.25, 0.3) is 0 Å². The Morgan fingerprint density at radius 3 is 3.00 bits per heavy atom. The molecule has 0 radical (unpaired) electrons. The Morgan fingerprint density at radius 2 is 2.32 bits per heavy atom. The standard InChI is InChI=1S/C14H17N5O3/c1-9-5-12(17-22-9)14(21)18-7-10-3-4-16-19(10)11(8-18)6-13(20)15-2/h3-5,11H,6-8H2,1-2H3,(H,15,20). The lowest BCUT2D eigenvalue weighted by Crippen LogP contribution is -2.42. The third kappa shape index (κ3) is 2.59. The SMILES string of the molecule is CNC(=O)CC1CN(C(=O)c2cc(C)on2)Cc2ccnn21. The second kappa shape index (κ2) is 5.63. The highest BCUT2D eigenvalue weighted by atomic mass is 16.5. The molecule has 2 aromatic heterocycles. The van der Waals surface area contributed by atoms with E-state index >= 15 is 0 Å². The van der Waals surface area contributed by atoms with Gasteiger partial charge in [0.2, 0.25) is 5.91 Å². The lowest BCUT2D eigenvalue weighted by atomic mass is 10.1. The Balaban J connectivity index is 1.83. The predicted molar refractivity (Wildman–Crippen MR) is 75.9 cm³/mol. The molecule has 8 nitrogen and oxygen atoms in total. The fourth-order valence-electron chi connectivity index (χ4n) is 2.64. The fourth-order valence-corrected chi connectivity index (χ4v) is 2.64. The Hall–Kier alpha value is -2.64. The number of carbonyl (C=O) groups excluding carboxylic acids is 2. The molecule has 0 spiro atoms. The lowest BCUT2D eigenvalue weighted by Gasteiger charge is -2.33. The zero-order chi connectivity index (χ0) is 15.7. The molecule has 2 amide bonds.